The van der Waals surface area contributed by atoms with Crippen LogP contribution in [0.3, 0.4) is 0 Å². The van der Waals surface area contributed by atoms with Crippen LogP contribution in [0.2, 0.25) is 0 Å². The SMILES string of the molecule is Cc1c(I)cnn1CCC(=O)Nc1ccn(Cc2cccc(F)c2)n1. The normalized spacial score (nSPS) is 10.8. The molecule has 1 N–H and O–H groups in total. The van der Waals surface area contributed by atoms with Crippen molar-refractivity contribution in [2.75, 3.05) is 5.32 Å². The Labute approximate surface area is 158 Å². The molecule has 2 aromatic heterocycles. The van der Waals surface area contributed by atoms with E-state index in [9.17, 15) is 9.18 Å². The fraction of sp³-hybridized carbons (Fsp3) is 0.235. The minimum absolute atomic E-state index is 0.124. The van der Waals surface area contributed by atoms with Crippen LogP contribution < -0.4 is 5.32 Å². The van der Waals surface area contributed by atoms with Gasteiger partial charge in [0.2, 0.25) is 5.91 Å². The van der Waals surface area contributed by atoms with E-state index in [0.717, 1.165) is 14.8 Å². The summed E-state index contributed by atoms with van der Waals surface area (Å²) in [5, 5.41) is 11.3. The molecule has 0 atom stereocenters. The van der Waals surface area contributed by atoms with Crippen molar-refractivity contribution in [2.24, 2.45) is 0 Å². The predicted molar refractivity (Wildman–Crippen MR) is 101 cm³/mol. The standard InChI is InChI=1S/C17H17FIN5O/c1-12-15(19)10-20-24(12)8-6-17(25)21-16-5-7-23(22-16)11-13-3-2-4-14(18)9-13/h2-5,7,9-10H,6,8,11H2,1H3,(H,21,22,25). The Morgan fingerprint density at radius 1 is 1.36 bits per heavy atom. The molecule has 130 valence electrons. The van der Waals surface area contributed by atoms with Crippen LogP contribution in [0.5, 0.6) is 0 Å². The summed E-state index contributed by atoms with van der Waals surface area (Å²) < 4.78 is 17.8. The molecule has 0 aliphatic carbocycles. The van der Waals surface area contributed by atoms with E-state index in [1.807, 2.05) is 17.7 Å². The van der Waals surface area contributed by atoms with Gasteiger partial charge in [0.25, 0.3) is 0 Å². The number of halogens is 2. The van der Waals surface area contributed by atoms with E-state index in [1.165, 1.54) is 12.1 Å². The molecule has 8 heteroatoms. The maximum atomic E-state index is 13.2. The summed E-state index contributed by atoms with van der Waals surface area (Å²) in [6, 6.07) is 8.08. The Balaban J connectivity index is 1.54. The molecular weight excluding hydrogens is 436 g/mol. The van der Waals surface area contributed by atoms with Crippen molar-refractivity contribution in [2.45, 2.75) is 26.4 Å². The zero-order valence-electron chi connectivity index (χ0n) is 13.6. The number of hydrogen-bond donors (Lipinski definition) is 1. The maximum absolute atomic E-state index is 13.2. The molecule has 0 radical (unpaired) electrons. The van der Waals surface area contributed by atoms with E-state index in [0.29, 0.717) is 25.3 Å². The predicted octanol–water partition coefficient (Wildman–Crippen LogP) is 3.21. The van der Waals surface area contributed by atoms with E-state index in [4.69, 9.17) is 0 Å². The first-order valence-electron chi connectivity index (χ1n) is 7.77. The molecule has 1 aromatic carbocycles. The first-order valence-corrected chi connectivity index (χ1v) is 8.85. The van der Waals surface area contributed by atoms with Crippen LogP contribution in [0, 0.1) is 16.3 Å². The Bertz CT molecular complexity index is 889. The van der Waals surface area contributed by atoms with Crippen LogP contribution in [0.4, 0.5) is 10.2 Å². The molecule has 0 saturated heterocycles. The highest BCUT2D eigenvalue weighted by molar-refractivity contribution is 14.1. The number of amides is 1. The Morgan fingerprint density at radius 3 is 2.92 bits per heavy atom. The lowest BCUT2D eigenvalue weighted by Crippen LogP contribution is -2.16. The second kappa shape index (κ2) is 7.77. The van der Waals surface area contributed by atoms with Crippen molar-refractivity contribution in [3.63, 3.8) is 0 Å². The van der Waals surface area contributed by atoms with E-state index in [1.54, 1.807) is 29.2 Å². The maximum Gasteiger partial charge on any atom is 0.227 e. The van der Waals surface area contributed by atoms with Gasteiger partial charge in [-0.15, -0.1) is 0 Å². The van der Waals surface area contributed by atoms with Gasteiger partial charge in [-0.25, -0.2) is 4.39 Å². The number of benzene rings is 1. The Morgan fingerprint density at radius 2 is 2.20 bits per heavy atom. The molecule has 3 aromatic rings. The second-order valence-corrected chi connectivity index (χ2v) is 6.79. The number of aromatic nitrogens is 4. The summed E-state index contributed by atoms with van der Waals surface area (Å²) in [5.74, 6) is 0.0795. The summed E-state index contributed by atoms with van der Waals surface area (Å²) in [6.07, 6.45) is 3.85. The van der Waals surface area contributed by atoms with Crippen LogP contribution in [0.15, 0.2) is 42.7 Å². The van der Waals surface area contributed by atoms with Gasteiger partial charge < -0.3 is 5.32 Å². The van der Waals surface area contributed by atoms with Crippen molar-refractivity contribution in [1.29, 1.82) is 0 Å². The van der Waals surface area contributed by atoms with Crippen LogP contribution in [-0.4, -0.2) is 25.5 Å². The summed E-state index contributed by atoms with van der Waals surface area (Å²) in [4.78, 5) is 12.1. The first kappa shape index (κ1) is 17.6. The van der Waals surface area contributed by atoms with Gasteiger partial charge in [-0.05, 0) is 47.2 Å². The number of anilines is 1. The van der Waals surface area contributed by atoms with Crippen LogP contribution in [0.25, 0.3) is 0 Å². The molecule has 6 nitrogen and oxygen atoms in total. The number of nitrogens with zero attached hydrogens (tertiary/aromatic N) is 4. The number of rotatable bonds is 6. The van der Waals surface area contributed by atoms with Crippen molar-refractivity contribution >= 4 is 34.3 Å². The zero-order valence-corrected chi connectivity index (χ0v) is 15.8. The van der Waals surface area contributed by atoms with Crippen LogP contribution >= 0.6 is 22.6 Å². The number of carbonyl (C=O) groups excluding carboxylic acids is 1. The average molecular weight is 453 g/mol. The number of hydrogen-bond acceptors (Lipinski definition) is 3. The highest BCUT2D eigenvalue weighted by atomic mass is 127. The molecule has 0 aliphatic heterocycles. The van der Waals surface area contributed by atoms with Crippen LogP contribution in [-0.2, 0) is 17.9 Å². The fourth-order valence-electron chi connectivity index (χ4n) is 2.40. The van der Waals surface area contributed by atoms with Gasteiger partial charge in [0.05, 0.1) is 22.9 Å². The highest BCUT2D eigenvalue weighted by Crippen LogP contribution is 2.11. The van der Waals surface area contributed by atoms with Gasteiger partial charge >= 0.3 is 0 Å². The van der Waals surface area contributed by atoms with Gasteiger partial charge in [-0.2, -0.15) is 10.2 Å². The lowest BCUT2D eigenvalue weighted by atomic mass is 10.2. The third-order valence-corrected chi connectivity index (χ3v) is 4.79. The van der Waals surface area contributed by atoms with Gasteiger partial charge in [0.1, 0.15) is 5.82 Å². The molecule has 0 saturated carbocycles. The molecule has 0 aliphatic rings. The molecule has 25 heavy (non-hydrogen) atoms. The topological polar surface area (TPSA) is 64.7 Å². The average Bonchev–Trinajstić information content (AvgIpc) is 3.13. The smallest absolute Gasteiger partial charge is 0.227 e. The van der Waals surface area contributed by atoms with Crippen molar-refractivity contribution < 1.29 is 9.18 Å². The summed E-state index contributed by atoms with van der Waals surface area (Å²) >= 11 is 2.21. The molecule has 3 rings (SSSR count). The lowest BCUT2D eigenvalue weighted by Gasteiger charge is -2.05. The third kappa shape index (κ3) is 4.65. The van der Waals surface area contributed by atoms with Crippen molar-refractivity contribution in [3.8, 4) is 0 Å². The zero-order chi connectivity index (χ0) is 17.8. The minimum atomic E-state index is -0.276. The molecule has 0 fully saturated rings. The van der Waals surface area contributed by atoms with Crippen LogP contribution in [0.1, 0.15) is 17.7 Å². The largest absolute Gasteiger partial charge is 0.309 e. The van der Waals surface area contributed by atoms with Gasteiger partial charge in [0.15, 0.2) is 5.82 Å². The summed E-state index contributed by atoms with van der Waals surface area (Å²) in [7, 11) is 0. The van der Waals surface area contributed by atoms with E-state index >= 15 is 0 Å². The summed E-state index contributed by atoms with van der Waals surface area (Å²) in [6.45, 7) is 2.93. The van der Waals surface area contributed by atoms with Crippen molar-refractivity contribution in [3.05, 3.63) is 63.4 Å². The van der Waals surface area contributed by atoms with Gasteiger partial charge in [-0.1, -0.05) is 12.1 Å². The molecular formula is C17H17FIN5O. The molecule has 1 amide bonds. The number of aryl methyl sites for hydroxylation is 1. The molecule has 0 unspecified atom stereocenters. The molecule has 2 heterocycles. The van der Waals surface area contributed by atoms with Gasteiger partial charge in [-0.3, -0.25) is 14.2 Å². The Hall–Kier alpha value is -2.23. The third-order valence-electron chi connectivity index (χ3n) is 3.74. The number of nitrogens with one attached hydrogen (secondary N) is 1. The highest BCUT2D eigenvalue weighted by Gasteiger charge is 2.09. The Kier molecular flexibility index (Phi) is 5.47. The monoisotopic (exact) mass is 453 g/mol. The molecule has 0 spiro atoms. The lowest BCUT2D eigenvalue weighted by molar-refractivity contribution is -0.116. The van der Waals surface area contributed by atoms with Crippen molar-refractivity contribution in [1.82, 2.24) is 19.6 Å². The molecule has 0 bridgehead atoms. The fourth-order valence-corrected chi connectivity index (χ4v) is 2.80. The first-order chi connectivity index (χ1) is 12.0. The van der Waals surface area contributed by atoms with E-state index < -0.39 is 0 Å². The quantitative estimate of drug-likeness (QED) is 0.584. The minimum Gasteiger partial charge on any atom is -0.309 e. The summed E-state index contributed by atoms with van der Waals surface area (Å²) in [5.41, 5.74) is 1.86. The second-order valence-electron chi connectivity index (χ2n) is 5.63. The van der Waals surface area contributed by atoms with Gasteiger partial charge in [0, 0.05) is 24.4 Å². The van der Waals surface area contributed by atoms with E-state index in [2.05, 4.69) is 38.1 Å². The number of carbonyl (C=O) groups is 1. The van der Waals surface area contributed by atoms with E-state index in [-0.39, 0.29) is 11.7 Å².